The molecule has 0 amide bonds. The molecule has 3 fully saturated rings. The molecule has 2 heteroatoms. The predicted octanol–water partition coefficient (Wildman–Crippen LogP) is 1.94. The lowest BCUT2D eigenvalue weighted by molar-refractivity contribution is -0.607. The van der Waals surface area contributed by atoms with Crippen LogP contribution >= 0.6 is 0 Å². The third kappa shape index (κ3) is 0.633. The van der Waals surface area contributed by atoms with Gasteiger partial charge in [0.1, 0.15) is 12.1 Å². The lowest BCUT2D eigenvalue weighted by Gasteiger charge is -2.33. The number of rotatable bonds is 0. The summed E-state index contributed by atoms with van der Waals surface area (Å²) in [6, 6.07) is 0.966. The van der Waals surface area contributed by atoms with Crippen LogP contribution in [0, 0.1) is 11.8 Å². The molecule has 3 rings (SSSR count). The monoisotopic (exact) mass is 149 g/mol. The van der Waals surface area contributed by atoms with E-state index in [-0.39, 0.29) is 0 Å². The summed E-state index contributed by atoms with van der Waals surface area (Å²) in [5.41, 5.74) is 9.64. The van der Waals surface area contributed by atoms with Gasteiger partial charge in [0.25, 0.3) is 0 Å². The summed E-state index contributed by atoms with van der Waals surface area (Å²) >= 11 is 0. The Morgan fingerprint density at radius 3 is 3.00 bits per heavy atom. The molecule has 3 unspecified atom stereocenters. The Bertz CT molecular complexity index is 210. The van der Waals surface area contributed by atoms with Gasteiger partial charge in [-0.3, -0.25) is 0 Å². The van der Waals surface area contributed by atoms with E-state index in [0.717, 1.165) is 5.92 Å². The van der Waals surface area contributed by atoms with E-state index in [1.54, 1.807) is 10.6 Å². The third-order valence-corrected chi connectivity index (χ3v) is 3.70. The summed E-state index contributed by atoms with van der Waals surface area (Å²) in [6.45, 7) is 0. The van der Waals surface area contributed by atoms with Crippen LogP contribution in [0.3, 0.4) is 0 Å². The van der Waals surface area contributed by atoms with Gasteiger partial charge in [-0.25, -0.2) is 0 Å². The molecule has 11 heavy (non-hydrogen) atoms. The maximum atomic E-state index is 9.64. The maximum absolute atomic E-state index is 9.64. The standard InChI is InChI=1S/C9H13N2/c10-11-7-4-6-2-1-3-9(11)8(6)5-7/h6-7,9H,1-5H2. The second-order valence-electron chi connectivity index (χ2n) is 4.19. The highest BCUT2D eigenvalue weighted by atomic mass is 15.3. The van der Waals surface area contributed by atoms with Crippen molar-refractivity contribution in [1.82, 2.24) is 0 Å². The zero-order valence-electron chi connectivity index (χ0n) is 6.66. The van der Waals surface area contributed by atoms with E-state index < -0.39 is 0 Å². The number of piperidine rings is 1. The Labute approximate surface area is 67.1 Å². The summed E-state index contributed by atoms with van der Waals surface area (Å²) in [5, 5.41) is 0. The van der Waals surface area contributed by atoms with Crippen LogP contribution in [0.1, 0.15) is 32.1 Å². The van der Waals surface area contributed by atoms with Crippen molar-refractivity contribution in [2.24, 2.45) is 5.92 Å². The largest absolute Gasteiger partial charge is 0.506 e. The Morgan fingerprint density at radius 1 is 1.36 bits per heavy atom. The zero-order valence-corrected chi connectivity index (χ0v) is 6.66. The molecule has 0 aromatic carbocycles. The lowest BCUT2D eigenvalue weighted by atomic mass is 9.78. The molecule has 0 aromatic heterocycles. The molecule has 0 N–H and O–H groups in total. The maximum Gasteiger partial charge on any atom is 0.148 e. The fourth-order valence-corrected chi connectivity index (χ4v) is 3.21. The van der Waals surface area contributed by atoms with Gasteiger partial charge in [0, 0.05) is 19.3 Å². The van der Waals surface area contributed by atoms with Crippen LogP contribution in [0.15, 0.2) is 0 Å². The minimum Gasteiger partial charge on any atom is -0.506 e. The number of hydrogen-bond acceptors (Lipinski definition) is 0. The minimum atomic E-state index is 0.465. The first kappa shape index (κ1) is 6.15. The second kappa shape index (κ2) is 1.85. The summed E-state index contributed by atoms with van der Waals surface area (Å²) in [7, 11) is 0. The molecular formula is C9H13N2. The van der Waals surface area contributed by atoms with Gasteiger partial charge in [0.2, 0.25) is 0 Å². The molecule has 2 bridgehead atoms. The molecule has 2 nitrogen and oxygen atoms in total. The average molecular weight is 149 g/mol. The normalized spacial score (nSPS) is 48.7. The smallest absolute Gasteiger partial charge is 0.148 e. The molecule has 59 valence electrons. The summed E-state index contributed by atoms with van der Waals surface area (Å²) < 4.78 is 1.63. The van der Waals surface area contributed by atoms with Crippen molar-refractivity contribution < 1.29 is 4.70 Å². The summed E-state index contributed by atoms with van der Waals surface area (Å²) in [5.74, 6) is 2.56. The predicted molar refractivity (Wildman–Crippen MR) is 41.0 cm³/mol. The van der Waals surface area contributed by atoms with E-state index in [0.29, 0.717) is 12.1 Å². The van der Waals surface area contributed by atoms with Crippen LogP contribution in [0.5, 0.6) is 0 Å². The van der Waals surface area contributed by atoms with Gasteiger partial charge in [-0.05, 0) is 18.8 Å². The van der Waals surface area contributed by atoms with Crippen LogP contribution < -0.4 is 0 Å². The van der Waals surface area contributed by atoms with Crippen molar-refractivity contribution in [2.45, 2.75) is 44.2 Å². The Hall–Kier alpha value is -0.400. The van der Waals surface area contributed by atoms with Crippen LogP contribution in [0.4, 0.5) is 0 Å². The highest BCUT2D eigenvalue weighted by Crippen LogP contribution is 2.51. The molecular weight excluding hydrogens is 136 g/mol. The van der Waals surface area contributed by atoms with Gasteiger partial charge in [0.15, 0.2) is 0 Å². The molecule has 0 aromatic rings. The van der Waals surface area contributed by atoms with Crippen LogP contribution in [-0.2, 0) is 0 Å². The van der Waals surface area contributed by atoms with E-state index in [4.69, 9.17) is 0 Å². The minimum absolute atomic E-state index is 0.465. The van der Waals surface area contributed by atoms with Crippen molar-refractivity contribution in [3.05, 3.63) is 11.4 Å². The van der Waals surface area contributed by atoms with Crippen molar-refractivity contribution in [1.29, 1.82) is 0 Å². The van der Waals surface area contributed by atoms with Gasteiger partial charge < -0.3 is 10.2 Å². The molecule has 2 saturated carbocycles. The van der Waals surface area contributed by atoms with Crippen molar-refractivity contribution in [3.63, 3.8) is 0 Å². The number of hydrogen-bond donors (Lipinski definition) is 0. The average Bonchev–Trinajstić information content (AvgIpc) is 2.53. The number of nitrogens with zero attached hydrogens (tertiary/aromatic N) is 2. The fraction of sp³-hybridized carbons (Fsp3) is 0.889. The van der Waals surface area contributed by atoms with Crippen molar-refractivity contribution in [2.75, 3.05) is 0 Å². The van der Waals surface area contributed by atoms with Gasteiger partial charge in [-0.2, -0.15) is 0 Å². The second-order valence-corrected chi connectivity index (χ2v) is 4.19. The SMILES string of the molecule is [N-]=[N+]1C2C[C]3C(CCCC31)C2. The first-order valence-corrected chi connectivity index (χ1v) is 4.69. The van der Waals surface area contributed by atoms with Crippen LogP contribution in [0.2, 0.25) is 0 Å². The first-order valence-electron chi connectivity index (χ1n) is 4.69. The van der Waals surface area contributed by atoms with Gasteiger partial charge in [0.05, 0.1) is 5.92 Å². The lowest BCUT2D eigenvalue weighted by Crippen LogP contribution is -2.37. The Balaban J connectivity index is 1.98. The Kier molecular flexibility index (Phi) is 1.03. The molecule has 2 aliphatic carbocycles. The van der Waals surface area contributed by atoms with Gasteiger partial charge in [-0.1, -0.05) is 0 Å². The molecule has 3 atom stereocenters. The molecule has 0 spiro atoms. The van der Waals surface area contributed by atoms with E-state index in [1.165, 1.54) is 32.1 Å². The van der Waals surface area contributed by atoms with E-state index in [1.807, 2.05) is 0 Å². The van der Waals surface area contributed by atoms with E-state index >= 15 is 0 Å². The molecule has 3 aliphatic rings. The fourth-order valence-electron chi connectivity index (χ4n) is 3.21. The third-order valence-electron chi connectivity index (χ3n) is 3.70. The number of fused-ring (bicyclic) bond motifs is 1. The van der Waals surface area contributed by atoms with E-state index in [2.05, 4.69) is 0 Å². The molecule has 1 aliphatic heterocycles. The van der Waals surface area contributed by atoms with E-state index in [9.17, 15) is 5.53 Å². The van der Waals surface area contributed by atoms with Crippen LogP contribution in [-0.4, -0.2) is 16.8 Å². The highest BCUT2D eigenvalue weighted by molar-refractivity contribution is 5.16. The van der Waals surface area contributed by atoms with Crippen LogP contribution in [0.25, 0.3) is 5.53 Å². The topological polar surface area (TPSA) is 25.3 Å². The Morgan fingerprint density at radius 2 is 2.27 bits per heavy atom. The zero-order chi connectivity index (χ0) is 7.42. The molecule has 1 radical (unpaired) electrons. The van der Waals surface area contributed by atoms with Crippen molar-refractivity contribution in [3.8, 4) is 0 Å². The quantitative estimate of drug-likeness (QED) is 0.470. The first-order chi connectivity index (χ1) is 5.36. The van der Waals surface area contributed by atoms with Gasteiger partial charge >= 0.3 is 0 Å². The highest BCUT2D eigenvalue weighted by Gasteiger charge is 2.54. The van der Waals surface area contributed by atoms with Gasteiger partial charge in [-0.15, -0.1) is 0 Å². The van der Waals surface area contributed by atoms with Crippen molar-refractivity contribution >= 4 is 0 Å². The molecule has 1 saturated heterocycles. The summed E-state index contributed by atoms with van der Waals surface area (Å²) in [6.07, 6.45) is 6.37. The summed E-state index contributed by atoms with van der Waals surface area (Å²) in [4.78, 5) is 0. The molecule has 1 heterocycles.